The van der Waals surface area contributed by atoms with E-state index in [-0.39, 0.29) is 11.1 Å². The number of aromatic nitrogens is 3. The van der Waals surface area contributed by atoms with Crippen LogP contribution in [0.3, 0.4) is 0 Å². The van der Waals surface area contributed by atoms with Crippen molar-refractivity contribution in [3.8, 4) is 11.3 Å². The van der Waals surface area contributed by atoms with E-state index in [9.17, 15) is 18.0 Å². The molecule has 3 heterocycles. The Morgan fingerprint density at radius 2 is 2.03 bits per heavy atom. The summed E-state index contributed by atoms with van der Waals surface area (Å²) in [7, 11) is 0. The van der Waals surface area contributed by atoms with E-state index in [1.54, 1.807) is 24.5 Å². The van der Waals surface area contributed by atoms with Gasteiger partial charge in [-0.25, -0.2) is 18.2 Å². The zero-order valence-corrected chi connectivity index (χ0v) is 16.2. The van der Waals surface area contributed by atoms with Gasteiger partial charge in [0.05, 0.1) is 17.3 Å². The summed E-state index contributed by atoms with van der Waals surface area (Å²) < 4.78 is 40.3. The molecule has 0 bridgehead atoms. The second-order valence-corrected chi connectivity index (χ2v) is 7.47. The standard InChI is InChI=1S/C23H17F3N4O/c24-17-10-14(21(25)26)9-12-1-4-19(20(12)17)30-23(31)13-2-3-18(29-11-13)15-5-7-27-22-16(15)6-8-28-22/h2-3,5-11,19,21H,1,4H2,(H,27,28)(H,30,31). The van der Waals surface area contributed by atoms with E-state index in [1.807, 2.05) is 12.1 Å². The van der Waals surface area contributed by atoms with E-state index in [2.05, 4.69) is 20.3 Å². The topological polar surface area (TPSA) is 70.7 Å². The van der Waals surface area contributed by atoms with Crippen molar-refractivity contribution in [2.45, 2.75) is 25.3 Å². The van der Waals surface area contributed by atoms with Gasteiger partial charge in [0, 0.05) is 40.7 Å². The molecule has 31 heavy (non-hydrogen) atoms. The lowest BCUT2D eigenvalue weighted by Gasteiger charge is -2.15. The van der Waals surface area contributed by atoms with Crippen molar-refractivity contribution in [3.63, 3.8) is 0 Å². The number of fused-ring (bicyclic) bond motifs is 2. The van der Waals surface area contributed by atoms with Crippen LogP contribution in [0, 0.1) is 5.82 Å². The van der Waals surface area contributed by atoms with Crippen LogP contribution < -0.4 is 5.32 Å². The summed E-state index contributed by atoms with van der Waals surface area (Å²) in [6.07, 6.45) is 3.11. The van der Waals surface area contributed by atoms with Crippen molar-refractivity contribution in [3.05, 3.63) is 83.1 Å². The van der Waals surface area contributed by atoms with Gasteiger partial charge in [-0.15, -0.1) is 0 Å². The number of pyridine rings is 2. The lowest BCUT2D eigenvalue weighted by molar-refractivity contribution is 0.0935. The molecule has 1 amide bonds. The fourth-order valence-electron chi connectivity index (χ4n) is 4.12. The van der Waals surface area contributed by atoms with E-state index in [4.69, 9.17) is 0 Å². The van der Waals surface area contributed by atoms with E-state index in [1.165, 1.54) is 12.3 Å². The summed E-state index contributed by atoms with van der Waals surface area (Å²) in [5.41, 5.74) is 3.13. The maximum absolute atomic E-state index is 14.5. The minimum absolute atomic E-state index is 0.286. The number of aryl methyl sites for hydroxylation is 1. The molecule has 0 fully saturated rings. The number of rotatable bonds is 4. The van der Waals surface area contributed by atoms with E-state index in [0.29, 0.717) is 29.7 Å². The molecule has 4 aromatic rings. The normalized spacial score (nSPS) is 15.4. The van der Waals surface area contributed by atoms with Crippen LogP contribution in [0.2, 0.25) is 0 Å². The highest BCUT2D eigenvalue weighted by Crippen LogP contribution is 2.36. The van der Waals surface area contributed by atoms with Crippen LogP contribution in [0.25, 0.3) is 22.3 Å². The van der Waals surface area contributed by atoms with Crippen molar-refractivity contribution in [1.82, 2.24) is 20.3 Å². The zero-order chi connectivity index (χ0) is 21.5. The Bertz CT molecular complexity index is 1280. The largest absolute Gasteiger partial charge is 0.346 e. The number of aromatic amines is 1. The van der Waals surface area contributed by atoms with Gasteiger partial charge < -0.3 is 10.3 Å². The highest BCUT2D eigenvalue weighted by molar-refractivity contribution is 5.95. The van der Waals surface area contributed by atoms with Gasteiger partial charge in [-0.3, -0.25) is 9.78 Å². The van der Waals surface area contributed by atoms with Gasteiger partial charge >= 0.3 is 0 Å². The molecule has 0 aliphatic heterocycles. The number of carbonyl (C=O) groups is 1. The number of nitrogens with zero attached hydrogens (tertiary/aromatic N) is 2. The predicted octanol–water partition coefficient (Wildman–Crippen LogP) is 5.12. The average molecular weight is 422 g/mol. The van der Waals surface area contributed by atoms with Crippen LogP contribution in [0.4, 0.5) is 13.2 Å². The number of halogens is 3. The Morgan fingerprint density at radius 3 is 2.81 bits per heavy atom. The van der Waals surface area contributed by atoms with Gasteiger partial charge in [0.15, 0.2) is 0 Å². The molecule has 1 unspecified atom stereocenters. The summed E-state index contributed by atoms with van der Waals surface area (Å²) in [4.78, 5) is 24.4. The summed E-state index contributed by atoms with van der Waals surface area (Å²) in [6, 6.07) is 8.77. The summed E-state index contributed by atoms with van der Waals surface area (Å²) in [6.45, 7) is 0. The molecule has 0 radical (unpaired) electrons. The molecule has 5 nitrogen and oxygen atoms in total. The van der Waals surface area contributed by atoms with Crippen LogP contribution in [0.15, 0.2) is 55.0 Å². The molecule has 1 atom stereocenters. The molecular formula is C23H17F3N4O. The highest BCUT2D eigenvalue weighted by Gasteiger charge is 2.29. The number of hydrogen-bond acceptors (Lipinski definition) is 3. The van der Waals surface area contributed by atoms with Crippen molar-refractivity contribution in [2.24, 2.45) is 0 Å². The molecule has 2 N–H and O–H groups in total. The van der Waals surface area contributed by atoms with Crippen LogP contribution in [0.5, 0.6) is 0 Å². The van der Waals surface area contributed by atoms with Crippen LogP contribution in [-0.4, -0.2) is 20.9 Å². The Hall–Kier alpha value is -3.68. The van der Waals surface area contributed by atoms with Crippen LogP contribution >= 0.6 is 0 Å². The smallest absolute Gasteiger partial charge is 0.263 e. The number of carbonyl (C=O) groups excluding carboxylic acids is 1. The molecule has 0 saturated heterocycles. The Kier molecular flexibility index (Phi) is 4.69. The van der Waals surface area contributed by atoms with Gasteiger partial charge in [-0.1, -0.05) is 0 Å². The van der Waals surface area contributed by atoms with Gasteiger partial charge in [0.25, 0.3) is 12.3 Å². The first kappa shape index (κ1) is 19.3. The molecule has 5 rings (SSSR count). The lowest BCUT2D eigenvalue weighted by atomic mass is 10.0. The molecule has 0 saturated carbocycles. The molecule has 8 heteroatoms. The molecular weight excluding hydrogens is 405 g/mol. The van der Waals surface area contributed by atoms with Crippen molar-refractivity contribution < 1.29 is 18.0 Å². The van der Waals surface area contributed by atoms with Gasteiger partial charge in [0.2, 0.25) is 0 Å². The van der Waals surface area contributed by atoms with Crippen molar-refractivity contribution in [2.75, 3.05) is 0 Å². The Labute approximate surface area is 175 Å². The lowest BCUT2D eigenvalue weighted by Crippen LogP contribution is -2.27. The van der Waals surface area contributed by atoms with Gasteiger partial charge in [-0.05, 0) is 54.8 Å². The van der Waals surface area contributed by atoms with Gasteiger partial charge in [0.1, 0.15) is 11.5 Å². The number of H-pyrrole nitrogens is 1. The third kappa shape index (κ3) is 3.43. The number of benzene rings is 1. The summed E-state index contributed by atoms with van der Waals surface area (Å²) in [5.74, 6) is -1.10. The molecule has 156 valence electrons. The molecule has 0 spiro atoms. The third-order valence-corrected chi connectivity index (χ3v) is 5.61. The maximum Gasteiger partial charge on any atom is 0.263 e. The fraction of sp³-hybridized carbons (Fsp3) is 0.174. The number of hydrogen-bond donors (Lipinski definition) is 2. The van der Waals surface area contributed by atoms with Crippen LogP contribution in [-0.2, 0) is 6.42 Å². The molecule has 1 aliphatic carbocycles. The van der Waals surface area contributed by atoms with E-state index >= 15 is 0 Å². The molecule has 1 aromatic carbocycles. The predicted molar refractivity (Wildman–Crippen MR) is 109 cm³/mol. The van der Waals surface area contributed by atoms with E-state index in [0.717, 1.165) is 22.7 Å². The van der Waals surface area contributed by atoms with Crippen molar-refractivity contribution >= 4 is 16.9 Å². The first-order chi connectivity index (χ1) is 15.0. The summed E-state index contributed by atoms with van der Waals surface area (Å²) >= 11 is 0. The monoisotopic (exact) mass is 422 g/mol. The fourth-order valence-corrected chi connectivity index (χ4v) is 4.12. The SMILES string of the molecule is O=C(NC1CCc2cc(C(F)F)cc(F)c21)c1ccc(-c2ccnc3[nH]ccc23)nc1. The minimum Gasteiger partial charge on any atom is -0.346 e. The number of nitrogens with one attached hydrogen (secondary N) is 2. The number of amides is 1. The first-order valence-electron chi connectivity index (χ1n) is 9.81. The molecule has 1 aliphatic rings. The number of alkyl halides is 2. The second kappa shape index (κ2) is 7.54. The van der Waals surface area contributed by atoms with Gasteiger partial charge in [-0.2, -0.15) is 0 Å². The quantitative estimate of drug-likeness (QED) is 0.480. The Balaban J connectivity index is 1.36. The first-order valence-corrected chi connectivity index (χ1v) is 9.81. The second-order valence-electron chi connectivity index (χ2n) is 7.47. The highest BCUT2D eigenvalue weighted by atomic mass is 19.3. The molecule has 3 aromatic heterocycles. The summed E-state index contributed by atoms with van der Waals surface area (Å²) in [5, 5.41) is 3.73. The third-order valence-electron chi connectivity index (χ3n) is 5.61. The van der Waals surface area contributed by atoms with E-state index < -0.39 is 24.2 Å². The van der Waals surface area contributed by atoms with Crippen LogP contribution in [0.1, 0.15) is 45.9 Å². The average Bonchev–Trinajstić information content (AvgIpc) is 3.41. The zero-order valence-electron chi connectivity index (χ0n) is 16.2. The maximum atomic E-state index is 14.5. The minimum atomic E-state index is -2.73. The Morgan fingerprint density at radius 1 is 1.16 bits per heavy atom. The van der Waals surface area contributed by atoms with Crippen molar-refractivity contribution in [1.29, 1.82) is 0 Å².